The molecule has 2 aromatic heterocycles. The second kappa shape index (κ2) is 5.95. The summed E-state index contributed by atoms with van der Waals surface area (Å²) >= 11 is 0. The van der Waals surface area contributed by atoms with Gasteiger partial charge in [0, 0.05) is 31.7 Å². The average Bonchev–Trinajstić information content (AvgIpc) is 2.88. The number of aryl methyl sites for hydroxylation is 1. The highest BCUT2D eigenvalue weighted by Crippen LogP contribution is 2.00. The Morgan fingerprint density at radius 3 is 2.78 bits per heavy atom. The van der Waals surface area contributed by atoms with Gasteiger partial charge in [0.05, 0.1) is 0 Å². The van der Waals surface area contributed by atoms with Gasteiger partial charge in [-0.1, -0.05) is 0 Å². The lowest BCUT2D eigenvalue weighted by Crippen LogP contribution is -2.28. The van der Waals surface area contributed by atoms with Crippen LogP contribution in [0.1, 0.15) is 23.0 Å². The molecular formula is C13H16N4O. The average molecular weight is 244 g/mol. The molecule has 0 saturated heterocycles. The standard InChI is InChI=1S/C13H16N4O/c1-2-17-12(6-10-16-17)13(18)15-9-5-11-3-7-14-8-4-11/h3-4,6-8,10H,2,5,9H2,1H3,(H,15,18). The maximum Gasteiger partial charge on any atom is 0.269 e. The maximum atomic E-state index is 11.9. The van der Waals surface area contributed by atoms with E-state index in [1.54, 1.807) is 29.3 Å². The molecule has 0 unspecified atom stereocenters. The first-order valence-corrected chi connectivity index (χ1v) is 6.00. The lowest BCUT2D eigenvalue weighted by atomic mass is 10.2. The van der Waals surface area contributed by atoms with Crippen LogP contribution in [0.4, 0.5) is 0 Å². The minimum absolute atomic E-state index is 0.0802. The van der Waals surface area contributed by atoms with Crippen molar-refractivity contribution in [1.29, 1.82) is 0 Å². The van der Waals surface area contributed by atoms with Gasteiger partial charge in [0.15, 0.2) is 0 Å². The number of hydrogen-bond donors (Lipinski definition) is 1. The van der Waals surface area contributed by atoms with E-state index in [1.807, 2.05) is 19.1 Å². The first-order chi connectivity index (χ1) is 8.81. The van der Waals surface area contributed by atoms with E-state index in [2.05, 4.69) is 15.4 Å². The molecule has 0 atom stereocenters. The zero-order chi connectivity index (χ0) is 12.8. The van der Waals surface area contributed by atoms with E-state index in [0.29, 0.717) is 18.8 Å². The van der Waals surface area contributed by atoms with Crippen molar-refractivity contribution in [2.75, 3.05) is 6.54 Å². The van der Waals surface area contributed by atoms with Crippen molar-refractivity contribution in [3.05, 3.63) is 48.0 Å². The highest BCUT2D eigenvalue weighted by Gasteiger charge is 2.09. The summed E-state index contributed by atoms with van der Waals surface area (Å²) in [6.07, 6.45) is 5.95. The number of carbonyl (C=O) groups excluding carboxylic acids is 1. The summed E-state index contributed by atoms with van der Waals surface area (Å²) in [7, 11) is 0. The Morgan fingerprint density at radius 1 is 1.28 bits per heavy atom. The Kier molecular flexibility index (Phi) is 4.06. The highest BCUT2D eigenvalue weighted by atomic mass is 16.2. The Labute approximate surface area is 106 Å². The molecule has 0 aliphatic carbocycles. The maximum absolute atomic E-state index is 11.9. The molecule has 0 bridgehead atoms. The topological polar surface area (TPSA) is 59.8 Å². The van der Waals surface area contributed by atoms with Crippen molar-refractivity contribution in [2.24, 2.45) is 0 Å². The fraction of sp³-hybridized carbons (Fsp3) is 0.308. The molecule has 0 spiro atoms. The number of pyridine rings is 1. The quantitative estimate of drug-likeness (QED) is 0.861. The minimum atomic E-state index is -0.0802. The first kappa shape index (κ1) is 12.3. The van der Waals surface area contributed by atoms with Gasteiger partial charge in [0.25, 0.3) is 5.91 Å². The van der Waals surface area contributed by atoms with Gasteiger partial charge in [-0.25, -0.2) is 0 Å². The van der Waals surface area contributed by atoms with Crippen LogP contribution < -0.4 is 5.32 Å². The third-order valence-electron chi connectivity index (χ3n) is 2.70. The third kappa shape index (κ3) is 2.94. The summed E-state index contributed by atoms with van der Waals surface area (Å²) in [5.74, 6) is -0.0802. The van der Waals surface area contributed by atoms with Gasteiger partial charge < -0.3 is 5.32 Å². The van der Waals surface area contributed by atoms with Crippen molar-refractivity contribution in [2.45, 2.75) is 19.9 Å². The van der Waals surface area contributed by atoms with Gasteiger partial charge in [0.2, 0.25) is 0 Å². The van der Waals surface area contributed by atoms with Crippen LogP contribution in [0.15, 0.2) is 36.8 Å². The molecule has 2 aromatic rings. The van der Waals surface area contributed by atoms with E-state index < -0.39 is 0 Å². The van der Waals surface area contributed by atoms with Crippen molar-refractivity contribution < 1.29 is 4.79 Å². The minimum Gasteiger partial charge on any atom is -0.350 e. The smallest absolute Gasteiger partial charge is 0.269 e. The molecule has 2 heterocycles. The molecule has 0 saturated carbocycles. The Bertz CT molecular complexity index is 507. The van der Waals surface area contributed by atoms with E-state index in [0.717, 1.165) is 12.0 Å². The number of nitrogens with one attached hydrogen (secondary N) is 1. The predicted octanol–water partition coefficient (Wildman–Crippen LogP) is 1.27. The molecule has 5 nitrogen and oxygen atoms in total. The van der Waals surface area contributed by atoms with Crippen LogP contribution in [0.2, 0.25) is 0 Å². The van der Waals surface area contributed by atoms with Gasteiger partial charge >= 0.3 is 0 Å². The Morgan fingerprint density at radius 2 is 2.06 bits per heavy atom. The third-order valence-corrected chi connectivity index (χ3v) is 2.70. The highest BCUT2D eigenvalue weighted by molar-refractivity contribution is 5.92. The zero-order valence-electron chi connectivity index (χ0n) is 10.3. The SMILES string of the molecule is CCn1nccc1C(=O)NCCc1ccncc1. The molecule has 0 radical (unpaired) electrons. The van der Waals surface area contributed by atoms with Gasteiger partial charge in [-0.15, -0.1) is 0 Å². The molecule has 1 N–H and O–H groups in total. The van der Waals surface area contributed by atoms with Crippen molar-refractivity contribution in [1.82, 2.24) is 20.1 Å². The molecule has 5 heteroatoms. The van der Waals surface area contributed by atoms with Crippen molar-refractivity contribution >= 4 is 5.91 Å². The fourth-order valence-electron chi connectivity index (χ4n) is 1.74. The summed E-state index contributed by atoms with van der Waals surface area (Å²) in [4.78, 5) is 15.8. The van der Waals surface area contributed by atoms with E-state index in [-0.39, 0.29) is 5.91 Å². The van der Waals surface area contributed by atoms with Crippen LogP contribution in [0.5, 0.6) is 0 Å². The number of carbonyl (C=O) groups is 1. The summed E-state index contributed by atoms with van der Waals surface area (Å²) in [6, 6.07) is 5.62. The van der Waals surface area contributed by atoms with Crippen LogP contribution in [0.3, 0.4) is 0 Å². The van der Waals surface area contributed by atoms with E-state index in [4.69, 9.17) is 0 Å². The molecule has 1 amide bonds. The molecule has 18 heavy (non-hydrogen) atoms. The second-order valence-corrected chi connectivity index (χ2v) is 3.89. The van der Waals surface area contributed by atoms with Gasteiger partial charge in [-0.3, -0.25) is 14.5 Å². The summed E-state index contributed by atoms with van der Waals surface area (Å²) in [5.41, 5.74) is 1.77. The van der Waals surface area contributed by atoms with Gasteiger partial charge in [-0.2, -0.15) is 5.10 Å². The number of amides is 1. The van der Waals surface area contributed by atoms with Crippen LogP contribution in [0, 0.1) is 0 Å². The lowest BCUT2D eigenvalue weighted by molar-refractivity contribution is 0.0943. The molecule has 2 rings (SSSR count). The summed E-state index contributed by atoms with van der Waals surface area (Å²) in [6.45, 7) is 3.26. The predicted molar refractivity (Wildman–Crippen MR) is 68.2 cm³/mol. The van der Waals surface area contributed by atoms with Crippen LogP contribution in [-0.2, 0) is 13.0 Å². The first-order valence-electron chi connectivity index (χ1n) is 6.00. The number of nitrogens with zero attached hydrogens (tertiary/aromatic N) is 3. The van der Waals surface area contributed by atoms with E-state index >= 15 is 0 Å². The normalized spacial score (nSPS) is 10.3. The number of rotatable bonds is 5. The monoisotopic (exact) mass is 244 g/mol. The van der Waals surface area contributed by atoms with E-state index in [9.17, 15) is 4.79 Å². The summed E-state index contributed by atoms with van der Waals surface area (Å²) < 4.78 is 1.68. The zero-order valence-corrected chi connectivity index (χ0v) is 10.3. The van der Waals surface area contributed by atoms with Crippen molar-refractivity contribution in [3.63, 3.8) is 0 Å². The number of hydrogen-bond acceptors (Lipinski definition) is 3. The Balaban J connectivity index is 1.86. The largest absolute Gasteiger partial charge is 0.350 e. The van der Waals surface area contributed by atoms with Crippen LogP contribution in [0.25, 0.3) is 0 Å². The molecule has 94 valence electrons. The van der Waals surface area contributed by atoms with Crippen molar-refractivity contribution in [3.8, 4) is 0 Å². The molecule has 0 aliphatic rings. The molecular weight excluding hydrogens is 228 g/mol. The van der Waals surface area contributed by atoms with Crippen LogP contribution >= 0.6 is 0 Å². The summed E-state index contributed by atoms with van der Waals surface area (Å²) in [5, 5.41) is 6.96. The van der Waals surface area contributed by atoms with Gasteiger partial charge in [-0.05, 0) is 37.1 Å². The van der Waals surface area contributed by atoms with E-state index in [1.165, 1.54) is 0 Å². The number of aromatic nitrogens is 3. The second-order valence-electron chi connectivity index (χ2n) is 3.89. The molecule has 0 fully saturated rings. The fourth-order valence-corrected chi connectivity index (χ4v) is 1.74. The molecule has 0 aliphatic heterocycles. The molecule has 0 aromatic carbocycles. The van der Waals surface area contributed by atoms with Crippen LogP contribution in [-0.4, -0.2) is 27.2 Å². The lowest BCUT2D eigenvalue weighted by Gasteiger charge is -2.06. The Hall–Kier alpha value is -2.17. The van der Waals surface area contributed by atoms with Gasteiger partial charge in [0.1, 0.15) is 5.69 Å².